The van der Waals surface area contributed by atoms with Crippen LogP contribution in [-0.4, -0.2) is 16.3 Å². The fourth-order valence-corrected chi connectivity index (χ4v) is 1.17. The van der Waals surface area contributed by atoms with Gasteiger partial charge in [0.1, 0.15) is 0 Å². The van der Waals surface area contributed by atoms with Gasteiger partial charge in [-0.1, -0.05) is 6.58 Å². The lowest BCUT2D eigenvalue weighted by Crippen LogP contribution is -2.02. The van der Waals surface area contributed by atoms with E-state index in [9.17, 15) is 0 Å². The van der Waals surface area contributed by atoms with E-state index in [1.54, 1.807) is 0 Å². The first-order valence-corrected chi connectivity index (χ1v) is 3.68. The third-order valence-corrected chi connectivity index (χ3v) is 1.75. The predicted molar refractivity (Wildman–Crippen MR) is 46.3 cm³/mol. The fourth-order valence-electron chi connectivity index (χ4n) is 1.17. The van der Waals surface area contributed by atoms with E-state index in [0.717, 1.165) is 5.69 Å². The summed E-state index contributed by atoms with van der Waals surface area (Å²) in [5.74, 6) is 0. The maximum Gasteiger partial charge on any atom is 0.0610 e. The Morgan fingerprint density at radius 2 is 2.45 bits per heavy atom. The summed E-state index contributed by atoms with van der Waals surface area (Å²) in [6.07, 6.45) is 3.77. The van der Waals surface area contributed by atoms with Gasteiger partial charge in [-0.3, -0.25) is 0 Å². The minimum absolute atomic E-state index is 0.176. The van der Waals surface area contributed by atoms with E-state index in [2.05, 4.69) is 6.58 Å². The molecule has 0 spiro atoms. The van der Waals surface area contributed by atoms with Gasteiger partial charge in [-0.15, -0.1) is 0 Å². The van der Waals surface area contributed by atoms with E-state index in [-0.39, 0.29) is 6.61 Å². The molecule has 0 saturated heterocycles. The Morgan fingerprint density at radius 1 is 1.73 bits per heavy atom. The van der Waals surface area contributed by atoms with Crippen LogP contribution in [0.4, 0.5) is 0 Å². The molecule has 1 aromatic rings. The maximum atomic E-state index is 8.69. The van der Waals surface area contributed by atoms with Gasteiger partial charge in [0.05, 0.1) is 6.61 Å². The lowest BCUT2D eigenvalue weighted by Gasteiger charge is -2.03. The molecule has 0 aliphatic rings. The third kappa shape index (κ3) is 1.52. The van der Waals surface area contributed by atoms with Crippen LogP contribution in [0.2, 0.25) is 0 Å². The number of hydrogen-bond donors (Lipinski definition) is 1. The summed E-state index contributed by atoms with van der Waals surface area (Å²) < 4.78 is 1.99. The van der Waals surface area contributed by atoms with Crippen LogP contribution in [0.25, 0.3) is 6.08 Å². The van der Waals surface area contributed by atoms with Gasteiger partial charge in [-0.25, -0.2) is 0 Å². The summed E-state index contributed by atoms with van der Waals surface area (Å²) in [6, 6.07) is 2.02. The topological polar surface area (TPSA) is 25.2 Å². The zero-order valence-corrected chi connectivity index (χ0v) is 6.75. The molecule has 1 aromatic heterocycles. The number of rotatable bonds is 3. The van der Waals surface area contributed by atoms with Crippen molar-refractivity contribution in [1.82, 2.24) is 4.57 Å². The van der Waals surface area contributed by atoms with Gasteiger partial charge in [0.25, 0.3) is 0 Å². The van der Waals surface area contributed by atoms with E-state index < -0.39 is 0 Å². The van der Waals surface area contributed by atoms with Crippen molar-refractivity contribution >= 4 is 6.08 Å². The number of aromatic nitrogens is 1. The second-order valence-electron chi connectivity index (χ2n) is 2.51. The van der Waals surface area contributed by atoms with Gasteiger partial charge in [0.15, 0.2) is 0 Å². The van der Waals surface area contributed by atoms with Crippen molar-refractivity contribution in [3.63, 3.8) is 0 Å². The quantitative estimate of drug-likeness (QED) is 0.694. The number of aliphatic hydroxyl groups excluding tert-OH is 1. The minimum Gasteiger partial charge on any atom is -0.395 e. The molecule has 60 valence electrons. The second-order valence-corrected chi connectivity index (χ2v) is 2.51. The van der Waals surface area contributed by atoms with Crippen molar-refractivity contribution in [2.24, 2.45) is 0 Å². The smallest absolute Gasteiger partial charge is 0.0610 e. The summed E-state index contributed by atoms with van der Waals surface area (Å²) in [6.45, 7) is 6.56. The molecule has 0 fully saturated rings. The van der Waals surface area contributed by atoms with Crippen LogP contribution in [0.3, 0.4) is 0 Å². The lowest BCUT2D eigenvalue weighted by atomic mass is 10.3. The SMILES string of the molecule is C=Cc1c(C)ccn1CCO. The van der Waals surface area contributed by atoms with E-state index in [1.807, 2.05) is 29.8 Å². The molecule has 1 rings (SSSR count). The Kier molecular flexibility index (Phi) is 2.49. The highest BCUT2D eigenvalue weighted by atomic mass is 16.3. The molecule has 2 heteroatoms. The Bertz CT molecular complexity index is 250. The number of aryl methyl sites for hydroxylation is 1. The van der Waals surface area contributed by atoms with Crippen molar-refractivity contribution in [3.05, 3.63) is 30.1 Å². The number of hydrogen-bond acceptors (Lipinski definition) is 1. The predicted octanol–water partition coefficient (Wildman–Crippen LogP) is 1.43. The van der Waals surface area contributed by atoms with E-state index in [4.69, 9.17) is 5.11 Å². The van der Waals surface area contributed by atoms with Crippen LogP contribution in [-0.2, 0) is 6.54 Å². The average Bonchev–Trinajstić information content (AvgIpc) is 2.33. The first kappa shape index (κ1) is 8.08. The average molecular weight is 151 g/mol. The Balaban J connectivity index is 2.95. The molecule has 2 nitrogen and oxygen atoms in total. The van der Waals surface area contributed by atoms with Crippen molar-refractivity contribution in [3.8, 4) is 0 Å². The van der Waals surface area contributed by atoms with Gasteiger partial charge in [0.2, 0.25) is 0 Å². The molecule has 0 bridgehead atoms. The molecule has 0 radical (unpaired) electrons. The second kappa shape index (κ2) is 3.39. The standard InChI is InChI=1S/C9H13NO/c1-3-9-8(2)4-5-10(9)6-7-11/h3-5,11H,1,6-7H2,2H3. The number of aliphatic hydroxyl groups is 1. The van der Waals surface area contributed by atoms with Gasteiger partial charge in [-0.05, 0) is 24.6 Å². The summed E-state index contributed by atoms with van der Waals surface area (Å²) in [4.78, 5) is 0. The van der Waals surface area contributed by atoms with Crippen LogP contribution in [0.1, 0.15) is 11.3 Å². The lowest BCUT2D eigenvalue weighted by molar-refractivity contribution is 0.276. The molecule has 0 saturated carbocycles. The third-order valence-electron chi connectivity index (χ3n) is 1.75. The zero-order valence-electron chi connectivity index (χ0n) is 6.75. The molecule has 0 atom stereocenters. The molecule has 0 aromatic carbocycles. The summed E-state index contributed by atoms with van der Waals surface area (Å²) >= 11 is 0. The van der Waals surface area contributed by atoms with E-state index in [1.165, 1.54) is 5.56 Å². The van der Waals surface area contributed by atoms with Crippen molar-refractivity contribution in [1.29, 1.82) is 0 Å². The van der Waals surface area contributed by atoms with Gasteiger partial charge in [-0.2, -0.15) is 0 Å². The van der Waals surface area contributed by atoms with Crippen LogP contribution in [0.15, 0.2) is 18.8 Å². The highest BCUT2D eigenvalue weighted by molar-refractivity contribution is 5.47. The van der Waals surface area contributed by atoms with Gasteiger partial charge in [0, 0.05) is 18.4 Å². The molecule has 0 unspecified atom stereocenters. The molecular formula is C9H13NO. The largest absolute Gasteiger partial charge is 0.395 e. The summed E-state index contributed by atoms with van der Waals surface area (Å²) in [5, 5.41) is 8.69. The highest BCUT2D eigenvalue weighted by Crippen LogP contribution is 2.10. The van der Waals surface area contributed by atoms with Crippen molar-refractivity contribution < 1.29 is 5.11 Å². The molecule has 11 heavy (non-hydrogen) atoms. The molecule has 0 aliphatic heterocycles. The Morgan fingerprint density at radius 3 is 3.00 bits per heavy atom. The van der Waals surface area contributed by atoms with Crippen molar-refractivity contribution in [2.45, 2.75) is 13.5 Å². The van der Waals surface area contributed by atoms with Crippen LogP contribution in [0, 0.1) is 6.92 Å². The number of nitrogens with zero attached hydrogens (tertiary/aromatic N) is 1. The minimum atomic E-state index is 0.176. The fraction of sp³-hybridized carbons (Fsp3) is 0.333. The Labute approximate surface area is 66.8 Å². The molecular weight excluding hydrogens is 138 g/mol. The normalized spacial score (nSPS) is 10.0. The van der Waals surface area contributed by atoms with Crippen LogP contribution in [0.5, 0.6) is 0 Å². The summed E-state index contributed by atoms with van der Waals surface area (Å²) in [7, 11) is 0. The maximum absolute atomic E-state index is 8.69. The highest BCUT2D eigenvalue weighted by Gasteiger charge is 1.99. The van der Waals surface area contributed by atoms with Crippen LogP contribution >= 0.6 is 0 Å². The molecule has 1 N–H and O–H groups in total. The van der Waals surface area contributed by atoms with Crippen LogP contribution < -0.4 is 0 Å². The first-order chi connectivity index (χ1) is 5.29. The van der Waals surface area contributed by atoms with E-state index in [0.29, 0.717) is 6.54 Å². The molecule has 0 amide bonds. The zero-order chi connectivity index (χ0) is 8.27. The molecule has 1 heterocycles. The Hall–Kier alpha value is -1.02. The van der Waals surface area contributed by atoms with Crippen molar-refractivity contribution in [2.75, 3.05) is 6.61 Å². The summed E-state index contributed by atoms with van der Waals surface area (Å²) in [5.41, 5.74) is 2.30. The first-order valence-electron chi connectivity index (χ1n) is 3.68. The van der Waals surface area contributed by atoms with E-state index >= 15 is 0 Å². The monoisotopic (exact) mass is 151 g/mol. The van der Waals surface area contributed by atoms with Gasteiger partial charge < -0.3 is 9.67 Å². The molecule has 0 aliphatic carbocycles. The van der Waals surface area contributed by atoms with Gasteiger partial charge >= 0.3 is 0 Å².